The predicted octanol–water partition coefficient (Wildman–Crippen LogP) is 3.32. The van der Waals surface area contributed by atoms with Crippen molar-refractivity contribution in [2.75, 3.05) is 24.6 Å². The monoisotopic (exact) mass is 380 g/mol. The average molecular weight is 380 g/mol. The molecule has 4 rings (SSSR count). The third-order valence-corrected chi connectivity index (χ3v) is 5.93. The molecule has 0 saturated heterocycles. The van der Waals surface area contributed by atoms with Gasteiger partial charge in [0.2, 0.25) is 0 Å². The number of rotatable bonds is 3. The summed E-state index contributed by atoms with van der Waals surface area (Å²) in [6, 6.07) is 8.88. The summed E-state index contributed by atoms with van der Waals surface area (Å²) in [7, 11) is 2.08. The number of nitrogens with one attached hydrogen (secondary N) is 1. The lowest BCUT2D eigenvalue weighted by atomic mass is 10.0. The van der Waals surface area contributed by atoms with Crippen molar-refractivity contribution in [3.8, 4) is 0 Å². The lowest BCUT2D eigenvalue weighted by Crippen LogP contribution is -2.27. The summed E-state index contributed by atoms with van der Waals surface area (Å²) in [6.45, 7) is 3.34. The van der Waals surface area contributed by atoms with Gasteiger partial charge in [0, 0.05) is 41.8 Å². The Morgan fingerprint density at radius 1 is 1.26 bits per heavy atom. The predicted molar refractivity (Wildman–Crippen MR) is 108 cm³/mol. The van der Waals surface area contributed by atoms with Gasteiger partial charge >= 0.3 is 0 Å². The van der Waals surface area contributed by atoms with Gasteiger partial charge in [0.25, 0.3) is 5.91 Å². The van der Waals surface area contributed by atoms with E-state index in [-0.39, 0.29) is 11.7 Å². The maximum Gasteiger partial charge on any atom is 0.267 e. The van der Waals surface area contributed by atoms with Gasteiger partial charge in [0.1, 0.15) is 9.71 Å². The Morgan fingerprint density at radius 3 is 2.70 bits per heavy atom. The van der Waals surface area contributed by atoms with E-state index in [4.69, 9.17) is 10.7 Å². The van der Waals surface area contributed by atoms with Crippen LogP contribution in [0.4, 0.5) is 11.4 Å². The van der Waals surface area contributed by atoms with Crippen molar-refractivity contribution >= 4 is 44.6 Å². The van der Waals surface area contributed by atoms with E-state index in [1.807, 2.05) is 0 Å². The number of Topliss-reactive ketones (excluding diaryl/α,β-unsaturated/α-hetero) is 1. The molecular weight excluding hydrogens is 360 g/mol. The van der Waals surface area contributed by atoms with Gasteiger partial charge in [0.15, 0.2) is 5.78 Å². The van der Waals surface area contributed by atoms with Crippen molar-refractivity contribution in [3.05, 3.63) is 52.0 Å². The van der Waals surface area contributed by atoms with Crippen molar-refractivity contribution in [3.63, 3.8) is 0 Å². The van der Waals surface area contributed by atoms with Crippen molar-refractivity contribution in [1.82, 2.24) is 9.88 Å². The molecule has 1 aliphatic rings. The number of benzene rings is 1. The van der Waals surface area contributed by atoms with E-state index < -0.39 is 0 Å². The summed E-state index contributed by atoms with van der Waals surface area (Å²) < 4.78 is 0. The largest absolute Gasteiger partial charge is 0.397 e. The van der Waals surface area contributed by atoms with Gasteiger partial charge in [-0.15, -0.1) is 11.3 Å². The maximum absolute atomic E-state index is 12.7. The molecule has 6 nitrogen and oxygen atoms in total. The van der Waals surface area contributed by atoms with Crippen molar-refractivity contribution < 1.29 is 9.59 Å². The molecule has 0 aliphatic carbocycles. The maximum atomic E-state index is 12.7. The number of nitrogens with zero attached hydrogens (tertiary/aromatic N) is 2. The first kappa shape index (κ1) is 17.6. The molecule has 0 saturated carbocycles. The molecule has 3 heterocycles. The number of hydrogen-bond donors (Lipinski definition) is 2. The summed E-state index contributed by atoms with van der Waals surface area (Å²) in [5, 5.41) is 3.69. The van der Waals surface area contributed by atoms with Crippen LogP contribution in [-0.2, 0) is 13.0 Å². The summed E-state index contributed by atoms with van der Waals surface area (Å²) >= 11 is 1.32. The van der Waals surface area contributed by atoms with Crippen molar-refractivity contribution in [2.24, 2.45) is 0 Å². The zero-order valence-electron chi connectivity index (χ0n) is 15.2. The molecule has 3 N–H and O–H groups in total. The standard InChI is InChI=1S/C20H20N4O2S/c1-11(25)12-3-5-14(6-4-12)22-19(26)18-17(21)15-9-13-10-24(2)8-7-16(13)23-20(15)27-18/h3-6,9H,7-8,10,21H2,1-2H3,(H,22,26). The number of carbonyl (C=O) groups is 2. The Labute approximate surface area is 161 Å². The van der Waals surface area contributed by atoms with Crippen LogP contribution in [0.25, 0.3) is 10.2 Å². The molecule has 1 aliphatic heterocycles. The average Bonchev–Trinajstić information content (AvgIpc) is 2.96. The fraction of sp³-hybridized carbons (Fsp3) is 0.250. The molecule has 2 aromatic heterocycles. The number of fused-ring (bicyclic) bond motifs is 2. The number of nitrogen functional groups attached to an aromatic ring is 1. The molecule has 0 spiro atoms. The lowest BCUT2D eigenvalue weighted by molar-refractivity contribution is 0.101. The fourth-order valence-corrected chi connectivity index (χ4v) is 4.28. The van der Waals surface area contributed by atoms with Crippen molar-refractivity contribution in [2.45, 2.75) is 19.9 Å². The number of nitrogens with two attached hydrogens (primary N) is 1. The Bertz CT molecular complexity index is 1060. The Balaban J connectivity index is 1.63. The highest BCUT2D eigenvalue weighted by Crippen LogP contribution is 2.35. The van der Waals surface area contributed by atoms with Gasteiger partial charge < -0.3 is 16.0 Å². The van der Waals surface area contributed by atoms with Gasteiger partial charge in [-0.05, 0) is 49.9 Å². The highest BCUT2D eigenvalue weighted by molar-refractivity contribution is 7.21. The van der Waals surface area contributed by atoms with Crippen LogP contribution in [0.5, 0.6) is 0 Å². The highest BCUT2D eigenvalue weighted by atomic mass is 32.1. The Hall–Kier alpha value is -2.77. The number of ketones is 1. The van der Waals surface area contributed by atoms with Crippen LogP contribution < -0.4 is 11.1 Å². The molecule has 138 valence electrons. The molecule has 27 heavy (non-hydrogen) atoms. The summed E-state index contributed by atoms with van der Waals surface area (Å²) in [6.07, 6.45) is 0.906. The smallest absolute Gasteiger partial charge is 0.267 e. The van der Waals surface area contributed by atoms with Crippen LogP contribution >= 0.6 is 11.3 Å². The van der Waals surface area contributed by atoms with Gasteiger partial charge in [0.05, 0.1) is 5.69 Å². The first-order valence-electron chi connectivity index (χ1n) is 8.74. The quantitative estimate of drug-likeness (QED) is 0.681. The minimum Gasteiger partial charge on any atom is -0.397 e. The molecule has 0 atom stereocenters. The molecule has 1 aromatic carbocycles. The third-order valence-electron chi connectivity index (χ3n) is 4.82. The molecule has 0 radical (unpaired) electrons. The SMILES string of the molecule is CC(=O)c1ccc(NC(=O)c2sc3nc4c(cc3c2N)CN(C)CC4)cc1. The number of carbonyl (C=O) groups excluding carboxylic acids is 2. The number of pyridine rings is 1. The number of hydrogen-bond acceptors (Lipinski definition) is 6. The van der Waals surface area contributed by atoms with Crippen LogP contribution in [-0.4, -0.2) is 35.2 Å². The van der Waals surface area contributed by atoms with Crippen LogP contribution in [0.1, 0.15) is 38.2 Å². The number of amides is 1. The minimum absolute atomic E-state index is 0.0117. The molecule has 7 heteroatoms. The zero-order valence-corrected chi connectivity index (χ0v) is 16.0. The molecular formula is C20H20N4O2S. The van der Waals surface area contributed by atoms with E-state index in [1.54, 1.807) is 24.3 Å². The highest BCUT2D eigenvalue weighted by Gasteiger charge is 2.21. The Kier molecular flexibility index (Phi) is 4.41. The van der Waals surface area contributed by atoms with Gasteiger partial charge in [-0.2, -0.15) is 0 Å². The zero-order chi connectivity index (χ0) is 19.1. The number of aromatic nitrogens is 1. The van der Waals surface area contributed by atoms with E-state index in [2.05, 4.69) is 23.3 Å². The second-order valence-corrected chi connectivity index (χ2v) is 7.87. The number of likely N-dealkylation sites (N-methyl/N-ethyl adjacent to an activating group) is 1. The second kappa shape index (κ2) is 6.75. The van der Waals surface area contributed by atoms with E-state index in [0.717, 1.165) is 35.4 Å². The van der Waals surface area contributed by atoms with E-state index in [1.165, 1.54) is 23.8 Å². The minimum atomic E-state index is -0.263. The van der Waals surface area contributed by atoms with Crippen molar-refractivity contribution in [1.29, 1.82) is 0 Å². The summed E-state index contributed by atoms with van der Waals surface area (Å²) in [4.78, 5) is 32.3. The summed E-state index contributed by atoms with van der Waals surface area (Å²) in [5.41, 5.74) is 10.2. The molecule has 0 bridgehead atoms. The van der Waals surface area contributed by atoms with E-state index >= 15 is 0 Å². The van der Waals surface area contributed by atoms with E-state index in [0.29, 0.717) is 21.8 Å². The molecule has 0 unspecified atom stereocenters. The van der Waals surface area contributed by atoms with Crippen LogP contribution in [0.2, 0.25) is 0 Å². The topological polar surface area (TPSA) is 88.3 Å². The molecule has 3 aromatic rings. The Morgan fingerprint density at radius 2 is 2.00 bits per heavy atom. The van der Waals surface area contributed by atoms with Crippen LogP contribution in [0.15, 0.2) is 30.3 Å². The van der Waals surface area contributed by atoms with Gasteiger partial charge in [-0.3, -0.25) is 9.59 Å². The van der Waals surface area contributed by atoms with Crippen LogP contribution in [0, 0.1) is 0 Å². The first-order valence-corrected chi connectivity index (χ1v) is 9.55. The molecule has 0 fully saturated rings. The second-order valence-electron chi connectivity index (χ2n) is 6.87. The fourth-order valence-electron chi connectivity index (χ4n) is 3.28. The number of thiophene rings is 1. The van der Waals surface area contributed by atoms with Gasteiger partial charge in [-0.1, -0.05) is 0 Å². The molecule has 1 amide bonds. The summed E-state index contributed by atoms with van der Waals surface area (Å²) in [5.74, 6) is -0.275. The third kappa shape index (κ3) is 3.31. The van der Waals surface area contributed by atoms with Crippen LogP contribution in [0.3, 0.4) is 0 Å². The lowest BCUT2D eigenvalue weighted by Gasteiger charge is -2.24. The normalized spacial score (nSPS) is 14.1. The van der Waals surface area contributed by atoms with Gasteiger partial charge in [-0.25, -0.2) is 4.98 Å². The first-order chi connectivity index (χ1) is 12.9. The number of anilines is 2. The van der Waals surface area contributed by atoms with E-state index in [9.17, 15) is 9.59 Å².